The van der Waals surface area contributed by atoms with Crippen LogP contribution in [-0.2, 0) is 32.8 Å². The molecule has 8 nitrogen and oxygen atoms in total. The highest BCUT2D eigenvalue weighted by Gasteiger charge is 2.52. The van der Waals surface area contributed by atoms with Crippen LogP contribution in [0.15, 0.2) is 0 Å². The second kappa shape index (κ2) is 18.3. The van der Waals surface area contributed by atoms with E-state index in [2.05, 4.69) is 18.7 Å². The van der Waals surface area contributed by atoms with Crippen molar-refractivity contribution >= 4 is 9.05 Å². The zero-order valence-corrected chi connectivity index (χ0v) is 18.3. The van der Waals surface area contributed by atoms with Crippen molar-refractivity contribution in [1.29, 1.82) is 0 Å². The zero-order valence-electron chi connectivity index (χ0n) is 17.3. The van der Waals surface area contributed by atoms with Crippen molar-refractivity contribution in [3.63, 3.8) is 0 Å². The molecule has 0 aromatic rings. The molecule has 0 aliphatic heterocycles. The molecule has 158 valence electrons. The molecule has 0 aliphatic carbocycles. The van der Waals surface area contributed by atoms with Crippen molar-refractivity contribution in [2.24, 2.45) is 0 Å². The van der Waals surface area contributed by atoms with Crippen molar-refractivity contribution in [2.75, 3.05) is 46.1 Å². The summed E-state index contributed by atoms with van der Waals surface area (Å²) in [6, 6.07) is 0. The van der Waals surface area contributed by atoms with Gasteiger partial charge in [0.15, 0.2) is 0 Å². The van der Waals surface area contributed by atoms with E-state index in [1.165, 1.54) is 25.7 Å². The van der Waals surface area contributed by atoms with Crippen LogP contribution in [0.5, 0.6) is 0 Å². The second-order valence-electron chi connectivity index (χ2n) is 5.72. The molecule has 9 heteroatoms. The van der Waals surface area contributed by atoms with Crippen molar-refractivity contribution in [3.05, 3.63) is 0 Å². The van der Waals surface area contributed by atoms with Crippen molar-refractivity contribution in [2.45, 2.75) is 66.7 Å². The molecule has 0 spiro atoms. The van der Waals surface area contributed by atoms with Gasteiger partial charge in [-0.2, -0.15) is 13.7 Å². The van der Waals surface area contributed by atoms with E-state index in [0.29, 0.717) is 26.4 Å². The highest BCUT2D eigenvalue weighted by molar-refractivity contribution is 6.52. The Morgan fingerprint density at radius 1 is 0.615 bits per heavy atom. The Hall–Kier alpha value is -0.103. The normalized spacial score (nSPS) is 12.2. The van der Waals surface area contributed by atoms with Gasteiger partial charge in [0.05, 0.1) is 19.8 Å². The summed E-state index contributed by atoms with van der Waals surface area (Å²) in [6.45, 7) is 14.3. The Morgan fingerprint density at radius 2 is 1.04 bits per heavy atom. The van der Waals surface area contributed by atoms with Crippen molar-refractivity contribution in [1.82, 2.24) is 4.90 Å². The van der Waals surface area contributed by atoms with E-state index in [9.17, 15) is 0 Å². The van der Waals surface area contributed by atoms with Gasteiger partial charge in [-0.1, -0.05) is 26.7 Å². The molecule has 26 heavy (non-hydrogen) atoms. The Kier molecular flexibility index (Phi) is 18.2. The number of nitrogens with zero attached hydrogens (tertiary/aromatic N) is 1. The van der Waals surface area contributed by atoms with Gasteiger partial charge in [-0.25, -0.2) is 14.7 Å². The Balaban J connectivity index is 4.51. The van der Waals surface area contributed by atoms with Gasteiger partial charge < -0.3 is 9.33 Å². The van der Waals surface area contributed by atoms with E-state index >= 15 is 0 Å². The number of hydrogen-bond donors (Lipinski definition) is 0. The molecule has 0 aromatic heterocycles. The molecule has 0 rings (SSSR count). The van der Waals surface area contributed by atoms with E-state index in [1.54, 1.807) is 20.8 Å². The Labute approximate surface area is 160 Å². The molecule has 0 saturated heterocycles. The first kappa shape index (κ1) is 25.9. The molecule has 0 aromatic carbocycles. The summed E-state index contributed by atoms with van der Waals surface area (Å²) < 4.78 is 21.5. The lowest BCUT2D eigenvalue weighted by atomic mass is 10.2. The van der Waals surface area contributed by atoms with Gasteiger partial charge in [-0.3, -0.25) is 0 Å². The fraction of sp³-hybridized carbons (Fsp3) is 1.00. The monoisotopic (exact) mass is 397 g/mol. The molecule has 0 heterocycles. The lowest BCUT2D eigenvalue weighted by Crippen LogP contribution is -2.49. The van der Waals surface area contributed by atoms with Crippen LogP contribution in [0.1, 0.15) is 66.7 Å². The van der Waals surface area contributed by atoms with Gasteiger partial charge in [-0.15, -0.1) is 0 Å². The standard InChI is InChI=1S/C17H39NO7Si/c1-6-11-14-18(15-12-7-2)16-13-17-22-26(23-19-8-3,24-20-9-4)25-21-10-5/h6-17H2,1-5H3. The molecule has 0 radical (unpaired) electrons. The first-order chi connectivity index (χ1) is 12.7. The molecule has 0 unspecified atom stereocenters. The van der Waals surface area contributed by atoms with E-state index in [1.807, 2.05) is 0 Å². The quantitative estimate of drug-likeness (QED) is 0.133. The van der Waals surface area contributed by atoms with Crippen LogP contribution in [0, 0.1) is 0 Å². The van der Waals surface area contributed by atoms with Crippen LogP contribution in [0.3, 0.4) is 0 Å². The molecule has 0 N–H and O–H groups in total. The van der Waals surface area contributed by atoms with Crippen LogP contribution in [-0.4, -0.2) is 60.0 Å². The van der Waals surface area contributed by atoms with Crippen LogP contribution in [0.2, 0.25) is 0 Å². The van der Waals surface area contributed by atoms with Crippen LogP contribution in [0.4, 0.5) is 0 Å². The second-order valence-corrected chi connectivity index (χ2v) is 7.51. The first-order valence-electron chi connectivity index (χ1n) is 9.96. The van der Waals surface area contributed by atoms with Gasteiger partial charge in [0.2, 0.25) is 0 Å². The summed E-state index contributed by atoms with van der Waals surface area (Å²) in [6.07, 6.45) is 5.63. The van der Waals surface area contributed by atoms with Crippen molar-refractivity contribution in [3.8, 4) is 0 Å². The highest BCUT2D eigenvalue weighted by Crippen LogP contribution is 2.15. The molecular formula is C17H39NO7Si. The number of unbranched alkanes of at least 4 members (excludes halogenated alkanes) is 2. The van der Waals surface area contributed by atoms with E-state index in [-0.39, 0.29) is 0 Å². The number of hydrogen-bond acceptors (Lipinski definition) is 8. The van der Waals surface area contributed by atoms with E-state index in [4.69, 9.17) is 32.8 Å². The Morgan fingerprint density at radius 3 is 1.42 bits per heavy atom. The van der Waals surface area contributed by atoms with Gasteiger partial charge in [0, 0.05) is 13.2 Å². The van der Waals surface area contributed by atoms with Gasteiger partial charge in [0.25, 0.3) is 0 Å². The summed E-state index contributed by atoms with van der Waals surface area (Å²) in [5.41, 5.74) is 0. The molecule has 0 saturated carbocycles. The SMILES string of the molecule is CCCCN(CCCC)CCCO[Si](OOCC)(OOCC)OOCC. The largest absolute Gasteiger partial charge is 0.764 e. The third kappa shape index (κ3) is 13.1. The maximum absolute atomic E-state index is 5.77. The minimum atomic E-state index is -3.67. The van der Waals surface area contributed by atoms with E-state index < -0.39 is 9.05 Å². The van der Waals surface area contributed by atoms with Gasteiger partial charge in [-0.05, 0) is 53.1 Å². The third-order valence-electron chi connectivity index (χ3n) is 3.39. The zero-order chi connectivity index (χ0) is 19.5. The average Bonchev–Trinajstić information content (AvgIpc) is 2.67. The maximum atomic E-state index is 5.77. The summed E-state index contributed by atoms with van der Waals surface area (Å²) in [5, 5.41) is 0. The van der Waals surface area contributed by atoms with E-state index in [0.717, 1.165) is 26.1 Å². The average molecular weight is 398 g/mol. The fourth-order valence-corrected chi connectivity index (χ4v) is 3.50. The van der Waals surface area contributed by atoms with Crippen LogP contribution < -0.4 is 0 Å². The number of rotatable bonds is 20. The third-order valence-corrected chi connectivity index (χ3v) is 4.91. The molecule has 0 fully saturated rings. The molecule has 0 aliphatic rings. The smallest absolute Gasteiger partial charge is 0.347 e. The predicted molar refractivity (Wildman–Crippen MR) is 101 cm³/mol. The fourth-order valence-electron chi connectivity index (χ4n) is 2.09. The summed E-state index contributed by atoms with van der Waals surface area (Å²) in [5.74, 6) is 0. The summed E-state index contributed by atoms with van der Waals surface area (Å²) >= 11 is 0. The molecular weight excluding hydrogens is 358 g/mol. The molecule has 0 amide bonds. The topological polar surface area (TPSA) is 67.9 Å². The predicted octanol–water partition coefficient (Wildman–Crippen LogP) is 3.64. The Bertz CT molecular complexity index is 271. The lowest BCUT2D eigenvalue weighted by Gasteiger charge is -2.25. The summed E-state index contributed by atoms with van der Waals surface area (Å²) in [4.78, 5) is 17.4. The van der Waals surface area contributed by atoms with Crippen molar-refractivity contribution < 1.29 is 32.8 Å². The summed E-state index contributed by atoms with van der Waals surface area (Å²) in [7, 11) is -3.67. The van der Waals surface area contributed by atoms with Crippen LogP contribution >= 0.6 is 0 Å². The molecule has 0 bridgehead atoms. The lowest BCUT2D eigenvalue weighted by molar-refractivity contribution is -0.385. The molecule has 0 atom stereocenters. The first-order valence-corrected chi connectivity index (χ1v) is 11.6. The van der Waals surface area contributed by atoms with Gasteiger partial charge in [0.1, 0.15) is 0 Å². The minimum Gasteiger partial charge on any atom is -0.347 e. The van der Waals surface area contributed by atoms with Crippen LogP contribution in [0.25, 0.3) is 0 Å². The van der Waals surface area contributed by atoms with Gasteiger partial charge >= 0.3 is 9.05 Å². The minimum absolute atomic E-state index is 0.324. The highest BCUT2D eigenvalue weighted by atomic mass is 28.4. The maximum Gasteiger partial charge on any atom is 0.764 e.